The molecule has 1 nitrogen and oxygen atoms in total. The molecule has 2 aliphatic heterocycles. The molecular weight excluding hydrogens is 210 g/mol. The van der Waals surface area contributed by atoms with Crippen LogP contribution in [0.3, 0.4) is 0 Å². The van der Waals surface area contributed by atoms with E-state index in [1.54, 1.807) is 0 Å². The fourth-order valence-electron chi connectivity index (χ4n) is 0.476. The molecule has 0 aromatic carbocycles. The van der Waals surface area contributed by atoms with Crippen molar-refractivity contribution in [1.29, 1.82) is 0 Å². The molecule has 2 heterocycles. The van der Waals surface area contributed by atoms with Crippen LogP contribution in [0.2, 0.25) is 0 Å². The summed E-state index contributed by atoms with van der Waals surface area (Å²) in [5, 5.41) is 2.22. The second kappa shape index (κ2) is 2.65. The Labute approximate surface area is 69.2 Å². The van der Waals surface area contributed by atoms with Crippen molar-refractivity contribution in [3.05, 3.63) is 11.6 Å². The Balaban J connectivity index is 2.23. The molecule has 1 fully saturated rings. The largest absolute Gasteiger partial charge is 0.257 e. The van der Waals surface area contributed by atoms with E-state index in [1.807, 2.05) is 45.5 Å². The smallest absolute Gasteiger partial charge is 0.0657 e. The van der Waals surface area contributed by atoms with E-state index in [0.717, 1.165) is 0 Å². The summed E-state index contributed by atoms with van der Waals surface area (Å²) in [5.41, 5.74) is 2.08. The number of hydrogen-bond acceptors (Lipinski definition) is 5. The zero-order valence-electron chi connectivity index (χ0n) is 4.22. The topological polar surface area (TPSA) is 12.4 Å². The number of nitrogens with zero attached hydrogens (tertiary/aromatic N) is 1. The van der Waals surface area contributed by atoms with Crippen LogP contribution in [0, 0.1) is 0 Å². The quantitative estimate of drug-likeness (QED) is 0.567. The molecular formula is C3H3NS5. The van der Waals surface area contributed by atoms with Gasteiger partial charge >= 0.3 is 0 Å². The Hall–Kier alpha value is 1.16. The van der Waals surface area contributed by atoms with Gasteiger partial charge in [-0.05, 0) is 44.7 Å². The number of rotatable bonds is 0. The molecule has 2 rings (SSSR count). The monoisotopic (exact) mass is 213 g/mol. The molecule has 50 valence electrons. The Morgan fingerprint density at radius 1 is 1.22 bits per heavy atom. The van der Waals surface area contributed by atoms with Crippen LogP contribution in [0.5, 0.6) is 0 Å². The first-order valence-corrected chi connectivity index (χ1v) is 9.76. The van der Waals surface area contributed by atoms with E-state index < -0.39 is 8.09 Å². The maximum atomic E-state index is 4.08. The molecule has 0 atom stereocenters. The molecule has 1 spiro atoms. The summed E-state index contributed by atoms with van der Waals surface area (Å²) in [7, 11) is 6.97. The van der Waals surface area contributed by atoms with Crippen LogP contribution in [-0.4, -0.2) is 5.55 Å². The molecule has 0 amide bonds. The molecule has 6 heteroatoms. The lowest BCUT2D eigenvalue weighted by molar-refractivity contribution is 1.65. The molecule has 9 heavy (non-hydrogen) atoms. The van der Waals surface area contributed by atoms with Crippen molar-refractivity contribution in [3.8, 4) is 0 Å². The number of hydrogen-bond donors (Lipinski definition) is 0. The first-order chi connectivity index (χ1) is 4.41. The molecule has 0 unspecified atom stereocenters. The predicted molar refractivity (Wildman–Crippen MR) is 55.6 cm³/mol. The molecule has 0 N–H and O–H groups in total. The van der Waals surface area contributed by atoms with Gasteiger partial charge < -0.3 is 0 Å². The summed E-state index contributed by atoms with van der Waals surface area (Å²) in [5.74, 6) is 0. The minimum absolute atomic E-state index is 0.639. The van der Waals surface area contributed by atoms with E-state index >= 15 is 0 Å². The van der Waals surface area contributed by atoms with Crippen molar-refractivity contribution in [2.24, 2.45) is 4.99 Å². The van der Waals surface area contributed by atoms with Gasteiger partial charge in [-0.15, -0.1) is 0 Å². The van der Waals surface area contributed by atoms with Gasteiger partial charge in [-0.1, -0.05) is 8.09 Å². The summed E-state index contributed by atoms with van der Waals surface area (Å²) in [6, 6.07) is 0. The van der Waals surface area contributed by atoms with Gasteiger partial charge in [0.25, 0.3) is 0 Å². The van der Waals surface area contributed by atoms with Crippen LogP contribution in [-0.2, 0) is 0 Å². The van der Waals surface area contributed by atoms with Crippen LogP contribution in [0.4, 0.5) is 0 Å². The highest BCUT2D eigenvalue weighted by Gasteiger charge is 2.30. The highest BCUT2D eigenvalue weighted by atomic mass is 34.1. The van der Waals surface area contributed by atoms with Crippen LogP contribution in [0.1, 0.15) is 0 Å². The SMILES string of the molecule is C1=CS2(C=N1)SSSS2. The van der Waals surface area contributed by atoms with E-state index in [2.05, 4.69) is 15.9 Å². The molecule has 0 bridgehead atoms. The van der Waals surface area contributed by atoms with Gasteiger partial charge in [0.05, 0.1) is 5.55 Å². The average Bonchev–Trinajstić information content (AvgIpc) is 2.45. The second-order valence-corrected chi connectivity index (χ2v) is 14.1. The molecule has 0 aromatic rings. The van der Waals surface area contributed by atoms with Gasteiger partial charge in [0.2, 0.25) is 0 Å². The van der Waals surface area contributed by atoms with E-state index in [9.17, 15) is 0 Å². The van der Waals surface area contributed by atoms with Gasteiger partial charge in [-0.25, -0.2) is 0 Å². The van der Waals surface area contributed by atoms with Crippen molar-refractivity contribution in [2.45, 2.75) is 0 Å². The average molecular weight is 213 g/mol. The summed E-state index contributed by atoms with van der Waals surface area (Å²) < 4.78 is 0. The van der Waals surface area contributed by atoms with E-state index in [0.29, 0.717) is 0 Å². The normalized spacial score (nSPS) is 32.0. The third-order valence-corrected chi connectivity index (χ3v) is 18.1. The Morgan fingerprint density at radius 2 is 2.00 bits per heavy atom. The maximum Gasteiger partial charge on any atom is 0.0657 e. The molecule has 0 saturated carbocycles. The van der Waals surface area contributed by atoms with Crippen molar-refractivity contribution < 1.29 is 0 Å². The van der Waals surface area contributed by atoms with E-state index in [1.165, 1.54) is 0 Å². The van der Waals surface area contributed by atoms with Gasteiger partial charge in [0, 0.05) is 6.20 Å². The summed E-state index contributed by atoms with van der Waals surface area (Å²) >= 11 is 0. The molecule has 0 aliphatic carbocycles. The highest BCUT2D eigenvalue weighted by molar-refractivity contribution is 9.68. The van der Waals surface area contributed by atoms with Crippen LogP contribution in [0.15, 0.2) is 16.6 Å². The maximum absolute atomic E-state index is 4.08. The summed E-state index contributed by atoms with van der Waals surface area (Å²) in [4.78, 5) is 4.08. The van der Waals surface area contributed by atoms with Crippen LogP contribution < -0.4 is 0 Å². The predicted octanol–water partition coefficient (Wildman–Crippen LogP) is 3.83. The lowest BCUT2D eigenvalue weighted by Crippen LogP contribution is -1.71. The lowest BCUT2D eigenvalue weighted by atomic mass is 11.1. The minimum Gasteiger partial charge on any atom is -0.257 e. The van der Waals surface area contributed by atoms with Crippen LogP contribution in [0.25, 0.3) is 0 Å². The number of aliphatic imine (C=N–C) groups is 1. The third kappa shape index (κ3) is 1.28. The van der Waals surface area contributed by atoms with Crippen molar-refractivity contribution >= 4 is 52.9 Å². The van der Waals surface area contributed by atoms with E-state index in [-0.39, 0.29) is 0 Å². The zero-order chi connectivity index (χ0) is 6.16. The lowest BCUT2D eigenvalue weighted by Gasteiger charge is -2.15. The van der Waals surface area contributed by atoms with E-state index in [4.69, 9.17) is 0 Å². The van der Waals surface area contributed by atoms with Gasteiger partial charge in [-0.3, -0.25) is 4.99 Å². The second-order valence-electron chi connectivity index (χ2n) is 1.40. The van der Waals surface area contributed by atoms with Gasteiger partial charge in [0.15, 0.2) is 0 Å². The van der Waals surface area contributed by atoms with Crippen LogP contribution >= 0.6 is 47.4 Å². The fraction of sp³-hybridized carbons (Fsp3) is 0. The van der Waals surface area contributed by atoms with Gasteiger partial charge in [0.1, 0.15) is 0 Å². The summed E-state index contributed by atoms with van der Waals surface area (Å²) in [6.45, 7) is 0. The van der Waals surface area contributed by atoms with Crippen molar-refractivity contribution in [3.63, 3.8) is 0 Å². The first-order valence-electron chi connectivity index (χ1n) is 2.15. The third-order valence-electron chi connectivity index (χ3n) is 0.840. The van der Waals surface area contributed by atoms with Gasteiger partial charge in [-0.2, -0.15) is 0 Å². The molecule has 0 radical (unpaired) electrons. The Bertz CT molecular complexity index is 155. The Morgan fingerprint density at radius 3 is 2.56 bits per heavy atom. The standard InChI is InChI=1S/C3H3NS5/c1-2-9(3-4-1)7-5-6-8-9/h1-3H. The highest BCUT2D eigenvalue weighted by Crippen LogP contribution is 2.86. The molecule has 1 saturated heterocycles. The molecule has 2 aliphatic rings. The van der Waals surface area contributed by atoms with Crippen molar-refractivity contribution in [2.75, 3.05) is 0 Å². The fourth-order valence-corrected chi connectivity index (χ4v) is 22.6. The first kappa shape index (κ1) is 6.84. The molecule has 0 aromatic heterocycles. The Kier molecular flexibility index (Phi) is 2.02. The summed E-state index contributed by atoms with van der Waals surface area (Å²) in [6.07, 6.45) is 1.90. The zero-order valence-corrected chi connectivity index (χ0v) is 8.30. The minimum atomic E-state index is -0.639. The van der Waals surface area contributed by atoms with Crippen molar-refractivity contribution in [1.82, 2.24) is 0 Å².